The number of ether oxygens (including phenoxy) is 3. The van der Waals surface area contributed by atoms with Crippen LogP contribution in [0.4, 0.5) is 0 Å². The molecule has 0 saturated carbocycles. The molecule has 3 aromatic rings. The summed E-state index contributed by atoms with van der Waals surface area (Å²) in [6, 6.07) is 18.2. The van der Waals surface area contributed by atoms with Gasteiger partial charge in [-0.05, 0) is 47.4 Å². The third-order valence-electron chi connectivity index (χ3n) is 5.14. The van der Waals surface area contributed by atoms with Gasteiger partial charge in [0, 0.05) is 37.0 Å². The van der Waals surface area contributed by atoms with Crippen molar-refractivity contribution in [2.45, 2.75) is 25.4 Å². The molecule has 0 saturated heterocycles. The van der Waals surface area contributed by atoms with Crippen LogP contribution in [0.3, 0.4) is 0 Å². The molecular formula is C24H24N2O4. The maximum atomic E-state index is 11.7. The molecule has 0 fully saturated rings. The van der Waals surface area contributed by atoms with Crippen molar-refractivity contribution in [1.82, 2.24) is 10.3 Å². The Morgan fingerprint density at radius 3 is 2.70 bits per heavy atom. The minimum atomic E-state index is -0.208. The highest BCUT2D eigenvalue weighted by atomic mass is 16.7. The van der Waals surface area contributed by atoms with Crippen LogP contribution in [0, 0.1) is 0 Å². The lowest BCUT2D eigenvalue weighted by molar-refractivity contribution is -0.140. The van der Waals surface area contributed by atoms with Gasteiger partial charge in [-0.2, -0.15) is 0 Å². The zero-order valence-electron chi connectivity index (χ0n) is 16.8. The molecule has 0 aliphatic carbocycles. The second-order valence-corrected chi connectivity index (χ2v) is 7.07. The van der Waals surface area contributed by atoms with Crippen molar-refractivity contribution in [3.63, 3.8) is 0 Å². The lowest BCUT2D eigenvalue weighted by Crippen LogP contribution is -2.22. The first-order valence-electron chi connectivity index (χ1n) is 9.92. The molecule has 0 bridgehead atoms. The number of esters is 1. The van der Waals surface area contributed by atoms with Crippen molar-refractivity contribution in [2.24, 2.45) is 0 Å². The average Bonchev–Trinajstić information content (AvgIpc) is 3.28. The van der Waals surface area contributed by atoms with E-state index in [4.69, 9.17) is 14.2 Å². The number of methoxy groups -OCH3 is 1. The van der Waals surface area contributed by atoms with Crippen molar-refractivity contribution in [3.8, 4) is 22.6 Å². The van der Waals surface area contributed by atoms with Crippen molar-refractivity contribution in [1.29, 1.82) is 0 Å². The number of hydrogen-bond acceptors (Lipinski definition) is 6. The summed E-state index contributed by atoms with van der Waals surface area (Å²) in [6.07, 6.45) is 4.53. The molecule has 2 aromatic carbocycles. The number of rotatable bonds is 8. The van der Waals surface area contributed by atoms with Crippen LogP contribution in [0.15, 0.2) is 67.0 Å². The van der Waals surface area contributed by atoms with Crippen LogP contribution in [0.5, 0.6) is 11.5 Å². The Hall–Kier alpha value is -3.38. The molecule has 6 heteroatoms. The summed E-state index contributed by atoms with van der Waals surface area (Å²) in [5.74, 6) is 1.29. The summed E-state index contributed by atoms with van der Waals surface area (Å²) in [5.41, 5.74) is 4.22. The molecule has 0 radical (unpaired) electrons. The van der Waals surface area contributed by atoms with Gasteiger partial charge in [0.25, 0.3) is 0 Å². The van der Waals surface area contributed by atoms with Crippen LogP contribution in [-0.4, -0.2) is 24.9 Å². The van der Waals surface area contributed by atoms with E-state index in [0.717, 1.165) is 33.8 Å². The Labute approximate surface area is 175 Å². The zero-order chi connectivity index (χ0) is 20.8. The van der Waals surface area contributed by atoms with Crippen LogP contribution in [0.1, 0.15) is 30.0 Å². The number of nitrogens with zero attached hydrogens (tertiary/aromatic N) is 1. The van der Waals surface area contributed by atoms with E-state index >= 15 is 0 Å². The first kappa shape index (κ1) is 19.9. The van der Waals surface area contributed by atoms with Gasteiger partial charge in [0.15, 0.2) is 11.5 Å². The van der Waals surface area contributed by atoms with Crippen molar-refractivity contribution < 1.29 is 19.0 Å². The highest BCUT2D eigenvalue weighted by Gasteiger charge is 2.21. The molecule has 6 nitrogen and oxygen atoms in total. The molecule has 1 aromatic heterocycles. The van der Waals surface area contributed by atoms with Gasteiger partial charge in [0.1, 0.15) is 0 Å². The van der Waals surface area contributed by atoms with Crippen molar-refractivity contribution >= 4 is 5.97 Å². The van der Waals surface area contributed by atoms with Gasteiger partial charge in [-0.25, -0.2) is 0 Å². The fraction of sp³-hybridized carbons (Fsp3) is 0.250. The monoisotopic (exact) mass is 404 g/mol. The molecule has 1 aliphatic heterocycles. The van der Waals surface area contributed by atoms with Gasteiger partial charge in [0.05, 0.1) is 7.11 Å². The van der Waals surface area contributed by atoms with Crippen LogP contribution in [0.2, 0.25) is 0 Å². The molecule has 1 unspecified atom stereocenters. The van der Waals surface area contributed by atoms with Crippen LogP contribution < -0.4 is 14.8 Å². The number of nitrogens with one attached hydrogen (secondary N) is 1. The minimum absolute atomic E-state index is 0.0279. The van der Waals surface area contributed by atoms with E-state index in [9.17, 15) is 4.79 Å². The molecule has 1 atom stereocenters. The predicted molar refractivity (Wildman–Crippen MR) is 113 cm³/mol. The second kappa shape index (κ2) is 9.41. The van der Waals surface area contributed by atoms with E-state index in [-0.39, 0.29) is 18.8 Å². The van der Waals surface area contributed by atoms with Gasteiger partial charge < -0.3 is 19.5 Å². The van der Waals surface area contributed by atoms with Gasteiger partial charge in [-0.3, -0.25) is 9.78 Å². The molecule has 1 N–H and O–H groups in total. The van der Waals surface area contributed by atoms with Gasteiger partial charge in [-0.15, -0.1) is 0 Å². The molecule has 2 heterocycles. The van der Waals surface area contributed by atoms with E-state index in [1.54, 1.807) is 12.4 Å². The summed E-state index contributed by atoms with van der Waals surface area (Å²) in [6.45, 7) is 0.839. The number of hydrogen-bond donors (Lipinski definition) is 1. The maximum Gasteiger partial charge on any atom is 0.305 e. The fourth-order valence-electron chi connectivity index (χ4n) is 3.59. The zero-order valence-corrected chi connectivity index (χ0v) is 16.8. The lowest BCUT2D eigenvalue weighted by Gasteiger charge is -2.19. The average molecular weight is 404 g/mol. The summed E-state index contributed by atoms with van der Waals surface area (Å²) in [4.78, 5) is 15.8. The van der Waals surface area contributed by atoms with E-state index in [0.29, 0.717) is 19.4 Å². The first-order valence-corrected chi connectivity index (χ1v) is 9.92. The quantitative estimate of drug-likeness (QED) is 0.566. The largest absolute Gasteiger partial charge is 0.469 e. The number of benzene rings is 2. The van der Waals surface area contributed by atoms with Gasteiger partial charge in [-0.1, -0.05) is 30.3 Å². The van der Waals surface area contributed by atoms with E-state index < -0.39 is 0 Å². The standard InChI is InChI=1S/C24H24N2O4/c1-28-23(27)8-7-21(19-5-3-2-4-6-19)26-15-17-13-20(18-9-11-25-12-10-18)24-22(14-17)29-16-30-24/h2-6,9-14,21,26H,7-8,15-16H2,1H3. The summed E-state index contributed by atoms with van der Waals surface area (Å²) in [7, 11) is 1.42. The third-order valence-corrected chi connectivity index (χ3v) is 5.14. The first-order chi connectivity index (χ1) is 14.7. The molecule has 0 amide bonds. The van der Waals surface area contributed by atoms with E-state index in [1.165, 1.54) is 7.11 Å². The third kappa shape index (κ3) is 4.60. The Balaban J connectivity index is 1.56. The van der Waals surface area contributed by atoms with Gasteiger partial charge >= 0.3 is 5.97 Å². The highest BCUT2D eigenvalue weighted by Crippen LogP contribution is 2.42. The molecule has 30 heavy (non-hydrogen) atoms. The number of pyridine rings is 1. The Bertz CT molecular complexity index is 993. The topological polar surface area (TPSA) is 69.7 Å². The SMILES string of the molecule is COC(=O)CCC(NCc1cc2c(c(-c3ccncc3)c1)OCO2)c1ccccc1. The predicted octanol–water partition coefficient (Wildman–Crippen LogP) is 4.26. The molecule has 1 aliphatic rings. The van der Waals surface area contributed by atoms with E-state index in [1.807, 2.05) is 36.4 Å². The fourth-order valence-corrected chi connectivity index (χ4v) is 3.59. The summed E-state index contributed by atoms with van der Waals surface area (Å²) < 4.78 is 16.2. The second-order valence-electron chi connectivity index (χ2n) is 7.07. The summed E-state index contributed by atoms with van der Waals surface area (Å²) in [5, 5.41) is 3.59. The van der Waals surface area contributed by atoms with Crippen LogP contribution >= 0.6 is 0 Å². The normalized spacial score (nSPS) is 13.1. The van der Waals surface area contributed by atoms with Gasteiger partial charge in [0.2, 0.25) is 6.79 Å². The number of carbonyl (C=O) groups excluding carboxylic acids is 1. The summed E-state index contributed by atoms with van der Waals surface area (Å²) >= 11 is 0. The number of carbonyl (C=O) groups is 1. The molecule has 4 rings (SSSR count). The number of fused-ring (bicyclic) bond motifs is 1. The molecular weight excluding hydrogens is 380 g/mol. The lowest BCUT2D eigenvalue weighted by atomic mass is 10.00. The Kier molecular flexibility index (Phi) is 6.25. The minimum Gasteiger partial charge on any atom is -0.469 e. The van der Waals surface area contributed by atoms with Crippen molar-refractivity contribution in [3.05, 3.63) is 78.1 Å². The van der Waals surface area contributed by atoms with E-state index in [2.05, 4.69) is 28.5 Å². The van der Waals surface area contributed by atoms with Crippen molar-refractivity contribution in [2.75, 3.05) is 13.9 Å². The Morgan fingerprint density at radius 2 is 1.93 bits per heavy atom. The molecule has 0 spiro atoms. The highest BCUT2D eigenvalue weighted by molar-refractivity contribution is 5.75. The maximum absolute atomic E-state index is 11.7. The Morgan fingerprint density at radius 1 is 1.13 bits per heavy atom. The van der Waals surface area contributed by atoms with Crippen LogP contribution in [0.25, 0.3) is 11.1 Å². The molecule has 154 valence electrons. The number of aromatic nitrogens is 1. The smallest absolute Gasteiger partial charge is 0.305 e. The van der Waals surface area contributed by atoms with Crippen LogP contribution in [-0.2, 0) is 16.1 Å².